The summed E-state index contributed by atoms with van der Waals surface area (Å²) < 4.78 is 0. The Labute approximate surface area is 67.6 Å². The fourth-order valence-corrected chi connectivity index (χ4v) is 2.06. The molecule has 6 heteroatoms. The lowest BCUT2D eigenvalue weighted by molar-refractivity contribution is -0.544. The number of aliphatic hydroxyl groups excluding tert-OH is 2. The third-order valence-electron chi connectivity index (χ3n) is 1.61. The molecule has 1 aliphatic rings. The summed E-state index contributed by atoms with van der Waals surface area (Å²) in [6, 6.07) is -1.20. The van der Waals surface area contributed by atoms with Crippen LogP contribution in [0.5, 0.6) is 0 Å². The molecule has 0 aliphatic carbocycles. The maximum atomic E-state index is 10.3. The van der Waals surface area contributed by atoms with Crippen molar-refractivity contribution in [1.29, 1.82) is 0 Å². The molecule has 1 fully saturated rings. The SMILES string of the molecule is O=[N+]([O-])C1C(O)CSCC1O. The Morgan fingerprint density at radius 3 is 2.09 bits per heavy atom. The normalized spacial score (nSPS) is 38.5. The van der Waals surface area contributed by atoms with Gasteiger partial charge in [-0.05, 0) is 0 Å². The van der Waals surface area contributed by atoms with Crippen molar-refractivity contribution in [1.82, 2.24) is 0 Å². The Morgan fingerprint density at radius 2 is 1.82 bits per heavy atom. The lowest BCUT2D eigenvalue weighted by Crippen LogP contribution is -2.49. The van der Waals surface area contributed by atoms with Crippen LogP contribution in [0.25, 0.3) is 0 Å². The highest BCUT2D eigenvalue weighted by Gasteiger charge is 2.40. The van der Waals surface area contributed by atoms with E-state index < -0.39 is 23.2 Å². The fourth-order valence-electron chi connectivity index (χ4n) is 1.04. The van der Waals surface area contributed by atoms with E-state index in [1.54, 1.807) is 0 Å². The van der Waals surface area contributed by atoms with Crippen LogP contribution in [-0.2, 0) is 0 Å². The first-order valence-corrected chi connectivity index (χ1v) is 4.35. The average molecular weight is 179 g/mol. The van der Waals surface area contributed by atoms with Crippen LogP contribution >= 0.6 is 11.8 Å². The van der Waals surface area contributed by atoms with Gasteiger partial charge in [-0.1, -0.05) is 0 Å². The molecule has 5 nitrogen and oxygen atoms in total. The Bertz CT molecular complexity index is 155. The molecule has 0 aromatic carbocycles. The average Bonchev–Trinajstić information content (AvgIpc) is 1.85. The minimum absolute atomic E-state index is 0.336. The molecular weight excluding hydrogens is 170 g/mol. The Morgan fingerprint density at radius 1 is 1.36 bits per heavy atom. The molecule has 1 aliphatic heterocycles. The van der Waals surface area contributed by atoms with E-state index >= 15 is 0 Å². The maximum absolute atomic E-state index is 10.3. The molecule has 0 spiro atoms. The lowest BCUT2D eigenvalue weighted by atomic mass is 10.1. The summed E-state index contributed by atoms with van der Waals surface area (Å²) >= 11 is 1.33. The predicted octanol–water partition coefficient (Wildman–Crippen LogP) is -0.900. The van der Waals surface area contributed by atoms with E-state index in [9.17, 15) is 10.1 Å². The molecule has 1 rings (SSSR count). The van der Waals surface area contributed by atoms with E-state index in [0.29, 0.717) is 11.5 Å². The van der Waals surface area contributed by atoms with Crippen molar-refractivity contribution in [3.05, 3.63) is 10.1 Å². The molecule has 0 amide bonds. The number of hydrogen-bond acceptors (Lipinski definition) is 5. The molecular formula is C5H9NO4S. The first-order valence-electron chi connectivity index (χ1n) is 3.20. The van der Waals surface area contributed by atoms with E-state index in [4.69, 9.17) is 10.2 Å². The van der Waals surface area contributed by atoms with Gasteiger partial charge >= 0.3 is 0 Å². The van der Waals surface area contributed by atoms with Gasteiger partial charge < -0.3 is 10.2 Å². The van der Waals surface area contributed by atoms with Crippen LogP contribution < -0.4 is 0 Å². The predicted molar refractivity (Wildman–Crippen MR) is 40.1 cm³/mol. The molecule has 2 atom stereocenters. The van der Waals surface area contributed by atoms with Crippen molar-refractivity contribution < 1.29 is 15.1 Å². The summed E-state index contributed by atoms with van der Waals surface area (Å²) in [4.78, 5) is 9.64. The molecule has 0 radical (unpaired) electrons. The van der Waals surface area contributed by atoms with Gasteiger partial charge in [-0.15, -0.1) is 0 Å². The van der Waals surface area contributed by atoms with Crippen molar-refractivity contribution in [2.24, 2.45) is 0 Å². The zero-order valence-electron chi connectivity index (χ0n) is 5.71. The van der Waals surface area contributed by atoms with E-state index in [0.717, 1.165) is 0 Å². The topological polar surface area (TPSA) is 83.6 Å². The van der Waals surface area contributed by atoms with E-state index in [-0.39, 0.29) is 0 Å². The van der Waals surface area contributed by atoms with Gasteiger partial charge in [-0.2, -0.15) is 11.8 Å². The summed E-state index contributed by atoms with van der Waals surface area (Å²) in [6.45, 7) is 0. The second-order valence-corrected chi connectivity index (χ2v) is 3.52. The van der Waals surface area contributed by atoms with Gasteiger partial charge in [-0.3, -0.25) is 10.1 Å². The Balaban J connectivity index is 2.62. The van der Waals surface area contributed by atoms with Crippen molar-refractivity contribution in [2.75, 3.05) is 11.5 Å². The van der Waals surface area contributed by atoms with Gasteiger partial charge in [0.1, 0.15) is 12.2 Å². The van der Waals surface area contributed by atoms with Gasteiger partial charge in [0, 0.05) is 16.4 Å². The molecule has 2 unspecified atom stereocenters. The van der Waals surface area contributed by atoms with Gasteiger partial charge in [0.05, 0.1) is 0 Å². The number of aliphatic hydroxyl groups is 2. The first-order chi connectivity index (χ1) is 5.13. The minimum atomic E-state index is -1.20. The monoisotopic (exact) mass is 179 g/mol. The highest BCUT2D eigenvalue weighted by atomic mass is 32.2. The summed E-state index contributed by atoms with van der Waals surface area (Å²) in [5.41, 5.74) is 0. The number of rotatable bonds is 1. The van der Waals surface area contributed by atoms with Crippen molar-refractivity contribution >= 4 is 11.8 Å². The zero-order chi connectivity index (χ0) is 8.43. The second-order valence-electron chi connectivity index (χ2n) is 2.45. The highest BCUT2D eigenvalue weighted by molar-refractivity contribution is 7.99. The summed E-state index contributed by atoms with van der Waals surface area (Å²) in [6.07, 6.45) is -2.03. The third kappa shape index (κ3) is 1.82. The first kappa shape index (κ1) is 8.76. The quantitative estimate of drug-likeness (QED) is 0.402. The largest absolute Gasteiger partial charge is 0.385 e. The van der Waals surface area contributed by atoms with Gasteiger partial charge in [-0.25, -0.2) is 0 Å². The van der Waals surface area contributed by atoms with Gasteiger partial charge in [0.15, 0.2) is 0 Å². The lowest BCUT2D eigenvalue weighted by Gasteiger charge is -2.24. The van der Waals surface area contributed by atoms with Crippen molar-refractivity contribution in [3.63, 3.8) is 0 Å². The molecule has 1 saturated heterocycles. The summed E-state index contributed by atoms with van der Waals surface area (Å²) in [5, 5.41) is 28.4. The number of hydrogen-bond donors (Lipinski definition) is 2. The molecule has 1 heterocycles. The van der Waals surface area contributed by atoms with Crippen LogP contribution in [0.15, 0.2) is 0 Å². The Kier molecular flexibility index (Phi) is 2.69. The summed E-state index contributed by atoms with van der Waals surface area (Å²) in [7, 11) is 0. The highest BCUT2D eigenvalue weighted by Crippen LogP contribution is 2.20. The standard InChI is InChI=1S/C5H9NO4S/c7-3-1-11-2-4(8)5(3)6(9)10/h3-5,7-8H,1-2H2. The number of nitro groups is 1. The molecule has 0 bridgehead atoms. The van der Waals surface area contributed by atoms with E-state index in [1.807, 2.05) is 0 Å². The molecule has 64 valence electrons. The van der Waals surface area contributed by atoms with Crippen LogP contribution in [0, 0.1) is 10.1 Å². The number of thioether (sulfide) groups is 1. The van der Waals surface area contributed by atoms with Gasteiger partial charge in [0.25, 0.3) is 6.04 Å². The fraction of sp³-hybridized carbons (Fsp3) is 1.00. The van der Waals surface area contributed by atoms with Crippen LogP contribution in [0.3, 0.4) is 0 Å². The van der Waals surface area contributed by atoms with Gasteiger partial charge in [0.2, 0.25) is 0 Å². The molecule has 0 aromatic rings. The maximum Gasteiger partial charge on any atom is 0.265 e. The Hall–Kier alpha value is -0.330. The number of nitrogens with zero attached hydrogens (tertiary/aromatic N) is 1. The van der Waals surface area contributed by atoms with Crippen LogP contribution in [-0.4, -0.2) is 44.9 Å². The zero-order valence-corrected chi connectivity index (χ0v) is 6.53. The van der Waals surface area contributed by atoms with E-state index in [2.05, 4.69) is 0 Å². The molecule has 0 saturated carbocycles. The van der Waals surface area contributed by atoms with Crippen molar-refractivity contribution in [2.45, 2.75) is 18.2 Å². The van der Waals surface area contributed by atoms with Crippen LogP contribution in [0.1, 0.15) is 0 Å². The van der Waals surface area contributed by atoms with E-state index in [1.165, 1.54) is 11.8 Å². The molecule has 0 aromatic heterocycles. The molecule has 2 N–H and O–H groups in total. The van der Waals surface area contributed by atoms with Crippen LogP contribution in [0.4, 0.5) is 0 Å². The second kappa shape index (κ2) is 3.38. The minimum Gasteiger partial charge on any atom is -0.385 e. The molecule has 11 heavy (non-hydrogen) atoms. The third-order valence-corrected chi connectivity index (χ3v) is 2.76. The van der Waals surface area contributed by atoms with Crippen molar-refractivity contribution in [3.8, 4) is 0 Å². The smallest absolute Gasteiger partial charge is 0.265 e. The summed E-state index contributed by atoms with van der Waals surface area (Å²) in [5.74, 6) is 0.672. The van der Waals surface area contributed by atoms with Crippen LogP contribution in [0.2, 0.25) is 0 Å².